The second kappa shape index (κ2) is 6.27. The van der Waals surface area contributed by atoms with Gasteiger partial charge < -0.3 is 5.32 Å². The van der Waals surface area contributed by atoms with Crippen LogP contribution in [-0.4, -0.2) is 0 Å². The molecule has 0 aliphatic rings. The third kappa shape index (κ3) is 3.51. The Hall–Kier alpha value is -1.54. The molecule has 0 heterocycles. The van der Waals surface area contributed by atoms with Gasteiger partial charge in [0, 0.05) is 11.7 Å². The summed E-state index contributed by atoms with van der Waals surface area (Å²) in [5.41, 5.74) is 3.32. The topological polar surface area (TPSA) is 12.0 Å². The molecular formula is C17H19ClFN. The molecular weight excluding hydrogens is 273 g/mol. The van der Waals surface area contributed by atoms with Gasteiger partial charge in [0.1, 0.15) is 5.82 Å². The first-order valence-electron chi connectivity index (χ1n) is 6.79. The molecule has 2 aromatic rings. The Bertz CT molecular complexity index is 578. The number of nitrogens with one attached hydrogen (secondary N) is 1. The molecule has 3 heteroatoms. The van der Waals surface area contributed by atoms with Crippen LogP contribution in [0.5, 0.6) is 0 Å². The van der Waals surface area contributed by atoms with Crippen molar-refractivity contribution in [2.45, 2.75) is 32.7 Å². The maximum absolute atomic E-state index is 13.2. The van der Waals surface area contributed by atoms with Crippen molar-refractivity contribution in [1.29, 1.82) is 0 Å². The first-order chi connectivity index (χ1) is 9.47. The molecule has 0 bridgehead atoms. The van der Waals surface area contributed by atoms with Crippen molar-refractivity contribution >= 4 is 17.3 Å². The van der Waals surface area contributed by atoms with E-state index in [1.54, 1.807) is 12.1 Å². The van der Waals surface area contributed by atoms with Crippen LogP contribution < -0.4 is 5.32 Å². The summed E-state index contributed by atoms with van der Waals surface area (Å²) in [6, 6.07) is 13.3. The third-order valence-electron chi connectivity index (χ3n) is 3.40. The largest absolute Gasteiger partial charge is 0.379 e. The molecule has 0 aliphatic heterocycles. The standard InChI is InChI=1S/C17H19ClFN/c1-11(2)13-4-7-15(8-5-13)20-12(3)14-6-9-17(19)16(18)10-14/h4-12,20H,1-3H3. The molecule has 1 nitrogen and oxygen atoms in total. The maximum Gasteiger partial charge on any atom is 0.141 e. The van der Waals surface area contributed by atoms with Crippen molar-refractivity contribution in [2.75, 3.05) is 5.32 Å². The molecule has 106 valence electrons. The van der Waals surface area contributed by atoms with Crippen molar-refractivity contribution in [1.82, 2.24) is 0 Å². The van der Waals surface area contributed by atoms with Gasteiger partial charge in [-0.05, 0) is 48.2 Å². The van der Waals surface area contributed by atoms with Gasteiger partial charge in [-0.2, -0.15) is 0 Å². The Morgan fingerprint density at radius 2 is 1.55 bits per heavy atom. The highest BCUT2D eigenvalue weighted by molar-refractivity contribution is 6.30. The fourth-order valence-corrected chi connectivity index (χ4v) is 2.27. The lowest BCUT2D eigenvalue weighted by atomic mass is 10.0. The number of anilines is 1. The van der Waals surface area contributed by atoms with Gasteiger partial charge in [-0.3, -0.25) is 0 Å². The number of benzene rings is 2. The van der Waals surface area contributed by atoms with E-state index in [1.165, 1.54) is 11.6 Å². The Labute approximate surface area is 124 Å². The zero-order chi connectivity index (χ0) is 14.7. The number of rotatable bonds is 4. The predicted molar refractivity (Wildman–Crippen MR) is 84.0 cm³/mol. The average molecular weight is 292 g/mol. The van der Waals surface area contributed by atoms with Crippen LogP contribution in [0, 0.1) is 5.82 Å². The van der Waals surface area contributed by atoms with Crippen LogP contribution in [0.2, 0.25) is 5.02 Å². The normalized spacial score (nSPS) is 12.5. The minimum absolute atomic E-state index is 0.0676. The predicted octanol–water partition coefficient (Wildman–Crippen LogP) is 5.78. The highest BCUT2D eigenvalue weighted by Crippen LogP contribution is 2.24. The van der Waals surface area contributed by atoms with E-state index in [-0.39, 0.29) is 16.9 Å². The molecule has 0 amide bonds. The average Bonchev–Trinajstić information content (AvgIpc) is 2.42. The van der Waals surface area contributed by atoms with E-state index in [2.05, 4.69) is 43.4 Å². The van der Waals surface area contributed by atoms with Crippen LogP contribution in [0.25, 0.3) is 0 Å². The van der Waals surface area contributed by atoms with E-state index in [0.29, 0.717) is 5.92 Å². The minimum Gasteiger partial charge on any atom is -0.379 e. The van der Waals surface area contributed by atoms with Crippen LogP contribution in [-0.2, 0) is 0 Å². The van der Waals surface area contributed by atoms with E-state index >= 15 is 0 Å². The van der Waals surface area contributed by atoms with Crippen LogP contribution in [0.15, 0.2) is 42.5 Å². The number of hydrogen-bond acceptors (Lipinski definition) is 1. The molecule has 20 heavy (non-hydrogen) atoms. The first kappa shape index (κ1) is 14.9. The van der Waals surface area contributed by atoms with Gasteiger partial charge in [0.05, 0.1) is 5.02 Å². The molecule has 0 saturated carbocycles. The highest BCUT2D eigenvalue weighted by Gasteiger charge is 2.08. The lowest BCUT2D eigenvalue weighted by Gasteiger charge is -2.17. The molecule has 2 aromatic carbocycles. The van der Waals surface area contributed by atoms with Crippen molar-refractivity contribution in [3.8, 4) is 0 Å². The molecule has 2 rings (SSSR count). The fraction of sp³-hybridized carbons (Fsp3) is 0.294. The summed E-state index contributed by atoms with van der Waals surface area (Å²) in [5, 5.41) is 3.55. The Morgan fingerprint density at radius 3 is 2.10 bits per heavy atom. The van der Waals surface area contributed by atoms with Gasteiger partial charge in [0.2, 0.25) is 0 Å². The van der Waals surface area contributed by atoms with Gasteiger partial charge in [-0.25, -0.2) is 4.39 Å². The summed E-state index contributed by atoms with van der Waals surface area (Å²) in [6.07, 6.45) is 0. The quantitative estimate of drug-likeness (QED) is 0.753. The second-order valence-electron chi connectivity index (χ2n) is 5.32. The Kier molecular flexibility index (Phi) is 4.66. The van der Waals surface area contributed by atoms with Crippen LogP contribution in [0.3, 0.4) is 0 Å². The van der Waals surface area contributed by atoms with Crippen LogP contribution in [0.1, 0.15) is 43.9 Å². The van der Waals surface area contributed by atoms with E-state index in [0.717, 1.165) is 11.3 Å². The molecule has 0 aliphatic carbocycles. The van der Waals surface area contributed by atoms with Gasteiger partial charge >= 0.3 is 0 Å². The molecule has 1 atom stereocenters. The molecule has 0 radical (unpaired) electrons. The molecule has 0 fully saturated rings. The Balaban J connectivity index is 2.10. The summed E-state index contributed by atoms with van der Waals surface area (Å²) < 4.78 is 13.2. The smallest absolute Gasteiger partial charge is 0.141 e. The number of halogens is 2. The van der Waals surface area contributed by atoms with Crippen molar-refractivity contribution < 1.29 is 4.39 Å². The summed E-state index contributed by atoms with van der Waals surface area (Å²) in [6.45, 7) is 6.37. The summed E-state index contributed by atoms with van der Waals surface area (Å²) in [7, 11) is 0. The fourth-order valence-electron chi connectivity index (χ4n) is 2.08. The summed E-state index contributed by atoms with van der Waals surface area (Å²) in [4.78, 5) is 0. The van der Waals surface area contributed by atoms with Crippen molar-refractivity contribution in [3.63, 3.8) is 0 Å². The highest BCUT2D eigenvalue weighted by atomic mass is 35.5. The molecule has 0 aromatic heterocycles. The van der Waals surface area contributed by atoms with E-state index in [9.17, 15) is 4.39 Å². The minimum atomic E-state index is -0.385. The van der Waals surface area contributed by atoms with Gasteiger partial charge in [-0.1, -0.05) is 43.6 Å². The molecule has 1 unspecified atom stereocenters. The maximum atomic E-state index is 13.2. The van der Waals surface area contributed by atoms with Crippen molar-refractivity contribution in [3.05, 3.63) is 64.4 Å². The van der Waals surface area contributed by atoms with Crippen LogP contribution in [0.4, 0.5) is 10.1 Å². The van der Waals surface area contributed by atoms with Crippen LogP contribution >= 0.6 is 11.6 Å². The first-order valence-corrected chi connectivity index (χ1v) is 7.16. The third-order valence-corrected chi connectivity index (χ3v) is 3.69. The molecule has 1 N–H and O–H groups in total. The zero-order valence-corrected chi connectivity index (χ0v) is 12.7. The SMILES string of the molecule is CC(C)c1ccc(NC(C)c2ccc(F)c(Cl)c2)cc1. The second-order valence-corrected chi connectivity index (χ2v) is 5.72. The number of hydrogen-bond donors (Lipinski definition) is 1. The lowest BCUT2D eigenvalue weighted by Crippen LogP contribution is -2.06. The molecule has 0 saturated heterocycles. The zero-order valence-electron chi connectivity index (χ0n) is 12.0. The van der Waals surface area contributed by atoms with E-state index in [4.69, 9.17) is 11.6 Å². The summed E-state index contributed by atoms with van der Waals surface area (Å²) >= 11 is 5.81. The molecule has 0 spiro atoms. The summed E-state index contributed by atoms with van der Waals surface area (Å²) in [5.74, 6) is 0.140. The van der Waals surface area contributed by atoms with Gasteiger partial charge in [-0.15, -0.1) is 0 Å². The monoisotopic (exact) mass is 291 g/mol. The lowest BCUT2D eigenvalue weighted by molar-refractivity contribution is 0.627. The van der Waals surface area contributed by atoms with E-state index in [1.807, 2.05) is 6.92 Å². The van der Waals surface area contributed by atoms with Gasteiger partial charge in [0.15, 0.2) is 0 Å². The Morgan fingerprint density at radius 1 is 0.950 bits per heavy atom. The van der Waals surface area contributed by atoms with Crippen molar-refractivity contribution in [2.24, 2.45) is 0 Å². The van der Waals surface area contributed by atoms with E-state index < -0.39 is 0 Å². The van der Waals surface area contributed by atoms with Gasteiger partial charge in [0.25, 0.3) is 0 Å².